The van der Waals surface area contributed by atoms with Gasteiger partial charge in [0.15, 0.2) is 0 Å². The van der Waals surface area contributed by atoms with E-state index >= 15 is 0 Å². The number of pyridine rings is 1. The molecule has 7 nitrogen and oxygen atoms in total. The molecule has 1 aliphatic heterocycles. The predicted octanol–water partition coefficient (Wildman–Crippen LogP) is 4.84. The van der Waals surface area contributed by atoms with E-state index < -0.39 is 0 Å². The van der Waals surface area contributed by atoms with Crippen LogP contribution < -0.4 is 14.8 Å². The van der Waals surface area contributed by atoms with Gasteiger partial charge in [-0.05, 0) is 60.9 Å². The van der Waals surface area contributed by atoms with Crippen LogP contribution in [-0.4, -0.2) is 41.9 Å². The maximum Gasteiger partial charge on any atom is 0.257 e. The van der Waals surface area contributed by atoms with Crippen molar-refractivity contribution in [2.24, 2.45) is 5.92 Å². The second-order valence-corrected chi connectivity index (χ2v) is 8.63. The summed E-state index contributed by atoms with van der Waals surface area (Å²) in [5.41, 5.74) is 1.24. The van der Waals surface area contributed by atoms with Crippen molar-refractivity contribution < 1.29 is 23.5 Å². The van der Waals surface area contributed by atoms with Crippen LogP contribution in [0.15, 0.2) is 60.8 Å². The molecule has 0 bridgehead atoms. The third kappa shape index (κ3) is 6.27. The number of amides is 2. The Morgan fingerprint density at radius 1 is 1.11 bits per heavy atom. The van der Waals surface area contributed by atoms with Crippen LogP contribution >= 0.6 is 11.6 Å². The highest BCUT2D eigenvalue weighted by atomic mass is 35.5. The molecule has 0 aliphatic carbocycles. The van der Waals surface area contributed by atoms with Crippen LogP contribution in [0.2, 0.25) is 5.02 Å². The number of likely N-dealkylation sites (tertiary alicyclic amines) is 1. The molecule has 0 atom stereocenters. The van der Waals surface area contributed by atoms with Crippen molar-refractivity contribution in [2.75, 3.05) is 20.2 Å². The molecule has 182 valence electrons. The Balaban J connectivity index is 1.25. The number of rotatable bonds is 7. The third-order valence-corrected chi connectivity index (χ3v) is 6.08. The average molecular weight is 498 g/mol. The molecule has 1 aliphatic rings. The Bertz CT molecular complexity index is 1180. The van der Waals surface area contributed by atoms with E-state index in [-0.39, 0.29) is 23.5 Å². The number of ether oxygens (including phenoxy) is 2. The lowest BCUT2D eigenvalue weighted by Gasteiger charge is -2.31. The standard InChI is InChI=1S/C26H25ClFN3O4/c1-34-23-8-3-19(27)14-22(23)26(33)31-12-10-18(11-13-31)25(32)30-16-17-2-9-24(29-15-17)35-21-6-4-20(28)5-7-21/h2-9,14-15,18H,10-13,16H2,1H3,(H,30,32). The van der Waals surface area contributed by atoms with Crippen molar-refractivity contribution in [3.8, 4) is 17.4 Å². The fraction of sp³-hybridized carbons (Fsp3) is 0.269. The average Bonchev–Trinajstić information content (AvgIpc) is 2.89. The molecule has 2 aromatic carbocycles. The zero-order chi connectivity index (χ0) is 24.8. The first kappa shape index (κ1) is 24.5. The Morgan fingerprint density at radius 3 is 2.51 bits per heavy atom. The number of piperidine rings is 1. The molecule has 0 saturated carbocycles. The lowest BCUT2D eigenvalue weighted by atomic mass is 9.95. The van der Waals surface area contributed by atoms with Crippen molar-refractivity contribution in [1.82, 2.24) is 15.2 Å². The van der Waals surface area contributed by atoms with Crippen LogP contribution in [0.3, 0.4) is 0 Å². The van der Waals surface area contributed by atoms with Gasteiger partial charge in [0.2, 0.25) is 11.8 Å². The molecular weight excluding hydrogens is 473 g/mol. The van der Waals surface area contributed by atoms with E-state index in [1.807, 2.05) is 6.07 Å². The molecular formula is C26H25ClFN3O4. The predicted molar refractivity (Wildman–Crippen MR) is 129 cm³/mol. The summed E-state index contributed by atoms with van der Waals surface area (Å²) >= 11 is 6.05. The summed E-state index contributed by atoms with van der Waals surface area (Å²) in [7, 11) is 1.51. The highest BCUT2D eigenvalue weighted by molar-refractivity contribution is 6.31. The second kappa shape index (κ2) is 11.2. The summed E-state index contributed by atoms with van der Waals surface area (Å²) in [5.74, 6) is 0.617. The maximum atomic E-state index is 13.0. The van der Waals surface area contributed by atoms with Gasteiger partial charge in [-0.1, -0.05) is 17.7 Å². The van der Waals surface area contributed by atoms with Crippen LogP contribution in [0.1, 0.15) is 28.8 Å². The third-order valence-electron chi connectivity index (χ3n) is 5.85. The summed E-state index contributed by atoms with van der Waals surface area (Å²) in [6, 6.07) is 14.1. The van der Waals surface area contributed by atoms with Crippen LogP contribution in [0.4, 0.5) is 4.39 Å². The molecule has 2 amide bonds. The maximum absolute atomic E-state index is 13.0. The summed E-state index contributed by atoms with van der Waals surface area (Å²) in [4.78, 5) is 31.6. The molecule has 0 radical (unpaired) electrons. The van der Waals surface area contributed by atoms with Crippen molar-refractivity contribution >= 4 is 23.4 Å². The molecule has 1 fully saturated rings. The minimum Gasteiger partial charge on any atom is -0.496 e. The van der Waals surface area contributed by atoms with Gasteiger partial charge in [-0.3, -0.25) is 9.59 Å². The van der Waals surface area contributed by atoms with Gasteiger partial charge in [-0.15, -0.1) is 0 Å². The van der Waals surface area contributed by atoms with Gasteiger partial charge >= 0.3 is 0 Å². The molecule has 9 heteroatoms. The number of nitrogens with one attached hydrogen (secondary N) is 1. The van der Waals surface area contributed by atoms with E-state index in [1.165, 1.54) is 31.4 Å². The van der Waals surface area contributed by atoms with Gasteiger partial charge in [0.1, 0.15) is 17.3 Å². The number of carbonyl (C=O) groups excluding carboxylic acids is 2. The first-order valence-electron chi connectivity index (χ1n) is 11.2. The quantitative estimate of drug-likeness (QED) is 0.505. The Labute approximate surface area is 207 Å². The zero-order valence-electron chi connectivity index (χ0n) is 19.2. The number of carbonyl (C=O) groups is 2. The molecule has 1 N–H and O–H groups in total. The smallest absolute Gasteiger partial charge is 0.257 e. The number of halogens is 2. The Kier molecular flexibility index (Phi) is 7.82. The van der Waals surface area contributed by atoms with Crippen LogP contribution in [0.5, 0.6) is 17.4 Å². The van der Waals surface area contributed by atoms with Crippen molar-refractivity contribution in [1.29, 1.82) is 0 Å². The molecule has 0 unspecified atom stereocenters. The molecule has 2 heterocycles. The van der Waals surface area contributed by atoms with E-state index in [0.29, 0.717) is 60.4 Å². The lowest BCUT2D eigenvalue weighted by Crippen LogP contribution is -2.43. The Hall–Kier alpha value is -3.65. The minimum absolute atomic E-state index is 0.0518. The van der Waals surface area contributed by atoms with Crippen LogP contribution in [-0.2, 0) is 11.3 Å². The fourth-order valence-electron chi connectivity index (χ4n) is 3.90. The van der Waals surface area contributed by atoms with Gasteiger partial charge < -0.3 is 19.7 Å². The van der Waals surface area contributed by atoms with Gasteiger partial charge in [-0.25, -0.2) is 9.37 Å². The molecule has 4 rings (SSSR count). The summed E-state index contributed by atoms with van der Waals surface area (Å²) in [5, 5.41) is 3.41. The molecule has 1 saturated heterocycles. The van der Waals surface area contributed by atoms with Crippen molar-refractivity contribution in [3.05, 3.63) is 82.8 Å². The fourth-order valence-corrected chi connectivity index (χ4v) is 4.07. The molecule has 0 spiro atoms. The number of methoxy groups -OCH3 is 1. The second-order valence-electron chi connectivity index (χ2n) is 8.19. The molecule has 35 heavy (non-hydrogen) atoms. The van der Waals surface area contributed by atoms with E-state index in [4.69, 9.17) is 21.1 Å². The first-order valence-corrected chi connectivity index (χ1v) is 11.6. The minimum atomic E-state index is -0.338. The van der Waals surface area contributed by atoms with Gasteiger partial charge in [0.05, 0.1) is 12.7 Å². The summed E-state index contributed by atoms with van der Waals surface area (Å²) < 4.78 is 23.9. The lowest BCUT2D eigenvalue weighted by molar-refractivity contribution is -0.126. The SMILES string of the molecule is COc1ccc(Cl)cc1C(=O)N1CCC(C(=O)NCc2ccc(Oc3ccc(F)cc3)nc2)CC1. The van der Waals surface area contributed by atoms with Crippen molar-refractivity contribution in [2.45, 2.75) is 19.4 Å². The number of hydrogen-bond donors (Lipinski definition) is 1. The number of aromatic nitrogens is 1. The largest absolute Gasteiger partial charge is 0.496 e. The number of hydrogen-bond acceptors (Lipinski definition) is 5. The highest BCUT2D eigenvalue weighted by Gasteiger charge is 2.29. The Morgan fingerprint density at radius 2 is 1.86 bits per heavy atom. The summed E-state index contributed by atoms with van der Waals surface area (Å²) in [6.07, 6.45) is 2.77. The topological polar surface area (TPSA) is 80.8 Å². The van der Waals surface area contributed by atoms with Crippen LogP contribution in [0.25, 0.3) is 0 Å². The highest BCUT2D eigenvalue weighted by Crippen LogP contribution is 2.26. The van der Waals surface area contributed by atoms with Gasteiger partial charge in [-0.2, -0.15) is 0 Å². The van der Waals surface area contributed by atoms with E-state index in [0.717, 1.165) is 5.56 Å². The zero-order valence-corrected chi connectivity index (χ0v) is 19.9. The molecule has 1 aromatic heterocycles. The van der Waals surface area contributed by atoms with Gasteiger partial charge in [0.25, 0.3) is 5.91 Å². The summed E-state index contributed by atoms with van der Waals surface area (Å²) in [6.45, 7) is 1.29. The van der Waals surface area contributed by atoms with E-state index in [9.17, 15) is 14.0 Å². The molecule has 3 aromatic rings. The number of benzene rings is 2. The van der Waals surface area contributed by atoms with Gasteiger partial charge in [0, 0.05) is 42.8 Å². The normalized spacial score (nSPS) is 13.9. The first-order chi connectivity index (χ1) is 16.9. The van der Waals surface area contributed by atoms with Crippen LogP contribution in [0, 0.1) is 11.7 Å². The van der Waals surface area contributed by atoms with E-state index in [1.54, 1.807) is 35.4 Å². The number of nitrogens with zero attached hydrogens (tertiary/aromatic N) is 2. The van der Waals surface area contributed by atoms with Crippen molar-refractivity contribution in [3.63, 3.8) is 0 Å². The monoisotopic (exact) mass is 497 g/mol. The van der Waals surface area contributed by atoms with E-state index in [2.05, 4.69) is 10.3 Å².